The molecule has 0 spiro atoms. The second-order valence-corrected chi connectivity index (χ2v) is 4.82. The molecule has 0 saturated heterocycles. The standard InChI is InChI=1S/C14H23N3O/c1-5-11(15)8-14(18)16-12-7-6-10(2)13(9-12)17(3)4/h6-7,9,11H,5,8,15H2,1-4H3,(H,16,18). The summed E-state index contributed by atoms with van der Waals surface area (Å²) < 4.78 is 0. The molecule has 0 fully saturated rings. The van der Waals surface area contributed by atoms with Gasteiger partial charge in [-0.15, -0.1) is 0 Å². The monoisotopic (exact) mass is 249 g/mol. The van der Waals surface area contributed by atoms with Gasteiger partial charge in [-0.3, -0.25) is 4.79 Å². The van der Waals surface area contributed by atoms with E-state index in [2.05, 4.69) is 5.32 Å². The number of aryl methyl sites for hydroxylation is 1. The summed E-state index contributed by atoms with van der Waals surface area (Å²) in [5.41, 5.74) is 8.87. The average Bonchev–Trinajstić information content (AvgIpc) is 2.31. The Morgan fingerprint density at radius 2 is 2.11 bits per heavy atom. The van der Waals surface area contributed by atoms with Gasteiger partial charge in [0.2, 0.25) is 5.91 Å². The average molecular weight is 249 g/mol. The molecular weight excluding hydrogens is 226 g/mol. The number of benzene rings is 1. The van der Waals surface area contributed by atoms with E-state index in [0.717, 1.165) is 17.8 Å². The maximum Gasteiger partial charge on any atom is 0.225 e. The van der Waals surface area contributed by atoms with E-state index in [1.165, 1.54) is 5.56 Å². The lowest BCUT2D eigenvalue weighted by Crippen LogP contribution is -2.26. The first-order valence-electron chi connectivity index (χ1n) is 6.27. The Hall–Kier alpha value is -1.55. The van der Waals surface area contributed by atoms with Crippen molar-refractivity contribution < 1.29 is 4.79 Å². The number of nitrogens with one attached hydrogen (secondary N) is 1. The molecular formula is C14H23N3O. The number of anilines is 2. The van der Waals surface area contributed by atoms with E-state index < -0.39 is 0 Å². The van der Waals surface area contributed by atoms with Crippen LogP contribution in [0.1, 0.15) is 25.3 Å². The second kappa shape index (κ2) is 6.40. The van der Waals surface area contributed by atoms with Gasteiger partial charge in [0.15, 0.2) is 0 Å². The molecule has 0 aliphatic rings. The van der Waals surface area contributed by atoms with Gasteiger partial charge in [0.05, 0.1) is 0 Å². The van der Waals surface area contributed by atoms with Gasteiger partial charge in [0.1, 0.15) is 0 Å². The summed E-state index contributed by atoms with van der Waals surface area (Å²) in [7, 11) is 3.97. The van der Waals surface area contributed by atoms with E-state index in [0.29, 0.717) is 6.42 Å². The zero-order valence-corrected chi connectivity index (χ0v) is 11.7. The van der Waals surface area contributed by atoms with Crippen molar-refractivity contribution in [3.8, 4) is 0 Å². The highest BCUT2D eigenvalue weighted by molar-refractivity contribution is 5.91. The maximum absolute atomic E-state index is 11.7. The van der Waals surface area contributed by atoms with Gasteiger partial charge in [-0.25, -0.2) is 0 Å². The van der Waals surface area contributed by atoms with Crippen LogP contribution in [0.15, 0.2) is 18.2 Å². The van der Waals surface area contributed by atoms with Crippen molar-refractivity contribution in [1.82, 2.24) is 0 Å². The fourth-order valence-electron chi connectivity index (χ4n) is 1.76. The van der Waals surface area contributed by atoms with Crippen LogP contribution >= 0.6 is 0 Å². The summed E-state index contributed by atoms with van der Waals surface area (Å²) in [6, 6.07) is 5.83. The van der Waals surface area contributed by atoms with Gasteiger partial charge in [-0.05, 0) is 31.0 Å². The predicted octanol–water partition coefficient (Wildman–Crippen LogP) is 2.13. The van der Waals surface area contributed by atoms with Gasteiger partial charge in [0.25, 0.3) is 0 Å². The Morgan fingerprint density at radius 3 is 2.67 bits per heavy atom. The molecule has 18 heavy (non-hydrogen) atoms. The zero-order valence-electron chi connectivity index (χ0n) is 11.7. The smallest absolute Gasteiger partial charge is 0.225 e. The van der Waals surface area contributed by atoms with Crippen molar-refractivity contribution >= 4 is 17.3 Å². The van der Waals surface area contributed by atoms with E-state index >= 15 is 0 Å². The molecule has 0 bridgehead atoms. The van der Waals surface area contributed by atoms with Gasteiger partial charge < -0.3 is 16.0 Å². The first kappa shape index (κ1) is 14.5. The van der Waals surface area contributed by atoms with Crippen LogP contribution in [0.5, 0.6) is 0 Å². The number of carbonyl (C=O) groups excluding carboxylic acids is 1. The van der Waals surface area contributed by atoms with Crippen LogP contribution in [0.25, 0.3) is 0 Å². The summed E-state index contributed by atoms with van der Waals surface area (Å²) in [5.74, 6) is -0.0297. The first-order valence-corrected chi connectivity index (χ1v) is 6.27. The van der Waals surface area contributed by atoms with Crippen molar-refractivity contribution in [2.24, 2.45) is 5.73 Å². The van der Waals surface area contributed by atoms with Crippen LogP contribution in [0, 0.1) is 6.92 Å². The molecule has 1 atom stereocenters. The molecule has 0 radical (unpaired) electrons. The molecule has 0 aliphatic carbocycles. The van der Waals surface area contributed by atoms with E-state index in [9.17, 15) is 4.79 Å². The maximum atomic E-state index is 11.7. The van der Waals surface area contributed by atoms with Gasteiger partial charge in [-0.1, -0.05) is 13.0 Å². The quantitative estimate of drug-likeness (QED) is 0.840. The SMILES string of the molecule is CCC(N)CC(=O)Nc1ccc(C)c(N(C)C)c1. The Labute approximate surface area is 109 Å². The highest BCUT2D eigenvalue weighted by Crippen LogP contribution is 2.22. The molecule has 0 saturated carbocycles. The Kier molecular flexibility index (Phi) is 5.16. The minimum atomic E-state index is -0.0660. The molecule has 0 heterocycles. The number of hydrogen-bond acceptors (Lipinski definition) is 3. The number of carbonyl (C=O) groups is 1. The molecule has 1 aromatic rings. The van der Waals surface area contributed by atoms with Crippen molar-refractivity contribution in [2.75, 3.05) is 24.3 Å². The van der Waals surface area contributed by atoms with E-state index in [4.69, 9.17) is 5.73 Å². The third kappa shape index (κ3) is 4.04. The summed E-state index contributed by atoms with van der Waals surface area (Å²) in [5, 5.41) is 2.88. The summed E-state index contributed by atoms with van der Waals surface area (Å²) >= 11 is 0. The Balaban J connectivity index is 2.73. The molecule has 1 aromatic carbocycles. The summed E-state index contributed by atoms with van der Waals surface area (Å²) in [6.45, 7) is 4.03. The minimum Gasteiger partial charge on any atom is -0.377 e. The fourth-order valence-corrected chi connectivity index (χ4v) is 1.76. The summed E-state index contributed by atoms with van der Waals surface area (Å²) in [6.07, 6.45) is 1.17. The lowest BCUT2D eigenvalue weighted by molar-refractivity contribution is -0.116. The lowest BCUT2D eigenvalue weighted by atomic mass is 10.1. The van der Waals surface area contributed by atoms with E-state index in [-0.39, 0.29) is 11.9 Å². The minimum absolute atomic E-state index is 0.0297. The Bertz CT molecular complexity index is 416. The van der Waals surface area contributed by atoms with Gasteiger partial charge in [-0.2, -0.15) is 0 Å². The molecule has 1 unspecified atom stereocenters. The number of nitrogens with zero attached hydrogens (tertiary/aromatic N) is 1. The van der Waals surface area contributed by atoms with Crippen LogP contribution in [0.2, 0.25) is 0 Å². The van der Waals surface area contributed by atoms with Crippen LogP contribution in [-0.2, 0) is 4.79 Å². The number of hydrogen-bond donors (Lipinski definition) is 2. The molecule has 0 aliphatic heterocycles. The first-order chi connectivity index (χ1) is 8.43. The van der Waals surface area contributed by atoms with Crippen LogP contribution < -0.4 is 16.0 Å². The molecule has 1 amide bonds. The van der Waals surface area contributed by atoms with Crippen LogP contribution in [0.3, 0.4) is 0 Å². The molecule has 4 heteroatoms. The lowest BCUT2D eigenvalue weighted by Gasteiger charge is -2.17. The van der Waals surface area contributed by atoms with Crippen molar-refractivity contribution in [3.63, 3.8) is 0 Å². The second-order valence-electron chi connectivity index (χ2n) is 4.82. The highest BCUT2D eigenvalue weighted by atomic mass is 16.1. The predicted molar refractivity (Wildman–Crippen MR) is 77.0 cm³/mol. The molecule has 4 nitrogen and oxygen atoms in total. The largest absolute Gasteiger partial charge is 0.377 e. The molecule has 1 rings (SSSR count). The van der Waals surface area contributed by atoms with E-state index in [1.54, 1.807) is 0 Å². The number of amides is 1. The number of nitrogens with two attached hydrogens (primary N) is 1. The van der Waals surface area contributed by atoms with E-state index in [1.807, 2.05) is 51.0 Å². The Morgan fingerprint density at radius 1 is 1.44 bits per heavy atom. The fraction of sp³-hybridized carbons (Fsp3) is 0.500. The van der Waals surface area contributed by atoms with Gasteiger partial charge in [0, 0.05) is 37.9 Å². The van der Waals surface area contributed by atoms with Crippen molar-refractivity contribution in [1.29, 1.82) is 0 Å². The molecule has 100 valence electrons. The van der Waals surface area contributed by atoms with Crippen LogP contribution in [0.4, 0.5) is 11.4 Å². The third-order valence-corrected chi connectivity index (χ3v) is 2.95. The molecule has 0 aromatic heterocycles. The van der Waals surface area contributed by atoms with Gasteiger partial charge >= 0.3 is 0 Å². The zero-order chi connectivity index (χ0) is 13.7. The topological polar surface area (TPSA) is 58.4 Å². The van der Waals surface area contributed by atoms with Crippen molar-refractivity contribution in [2.45, 2.75) is 32.7 Å². The third-order valence-electron chi connectivity index (χ3n) is 2.95. The molecule has 3 N–H and O–H groups in total. The highest BCUT2D eigenvalue weighted by Gasteiger charge is 2.09. The summed E-state index contributed by atoms with van der Waals surface area (Å²) in [4.78, 5) is 13.8. The number of rotatable bonds is 5. The normalized spacial score (nSPS) is 12.1. The van der Waals surface area contributed by atoms with Crippen molar-refractivity contribution in [3.05, 3.63) is 23.8 Å². The van der Waals surface area contributed by atoms with Crippen LogP contribution in [-0.4, -0.2) is 26.0 Å².